The first-order valence-corrected chi connectivity index (χ1v) is 11.1. The standard InChI is InChI=1S/C16H14N4O9S2/c21-15-13(18-17-9-1-5-11(6-2-9)30(24,25)26)14(16(22)23)19-20(15)10-3-7-12(8-4-10)31(27,28)29/h1-8,13,16,22-23H,(H,24,25,26)(H,27,28,29). The molecule has 1 aliphatic rings. The molecule has 1 aliphatic heterocycles. The van der Waals surface area contributed by atoms with Crippen molar-refractivity contribution in [3.8, 4) is 0 Å². The molecule has 0 aromatic heterocycles. The quantitative estimate of drug-likeness (QED) is 0.260. The number of hydrogen-bond donors (Lipinski definition) is 4. The SMILES string of the molecule is O=C1C(N=Nc2ccc(S(=O)(=O)O)cc2)C(C(O)O)=NN1c1ccc(S(=O)(=O)O)cc1. The van der Waals surface area contributed by atoms with E-state index in [2.05, 4.69) is 15.3 Å². The van der Waals surface area contributed by atoms with Crippen LogP contribution in [-0.2, 0) is 25.0 Å². The normalized spacial score (nSPS) is 17.6. The molecule has 13 nitrogen and oxygen atoms in total. The average Bonchev–Trinajstić information content (AvgIpc) is 3.02. The molecule has 4 N–H and O–H groups in total. The van der Waals surface area contributed by atoms with Crippen LogP contribution in [-0.4, -0.2) is 60.1 Å². The van der Waals surface area contributed by atoms with Crippen molar-refractivity contribution in [1.29, 1.82) is 0 Å². The number of azo groups is 1. The van der Waals surface area contributed by atoms with Crippen LogP contribution in [0, 0.1) is 0 Å². The molecule has 1 unspecified atom stereocenters. The molecule has 0 saturated carbocycles. The molecule has 164 valence electrons. The second kappa shape index (κ2) is 8.22. The zero-order valence-electron chi connectivity index (χ0n) is 15.2. The van der Waals surface area contributed by atoms with E-state index in [1.165, 1.54) is 24.3 Å². The summed E-state index contributed by atoms with van der Waals surface area (Å²) in [5.74, 6) is -0.832. The van der Waals surface area contributed by atoms with Gasteiger partial charge in [-0.2, -0.15) is 37.2 Å². The van der Waals surface area contributed by atoms with Crippen LogP contribution in [0.4, 0.5) is 11.4 Å². The first-order chi connectivity index (χ1) is 14.4. The molecule has 0 saturated heterocycles. The summed E-state index contributed by atoms with van der Waals surface area (Å²) in [6.45, 7) is 0. The Morgan fingerprint density at radius 1 is 0.871 bits per heavy atom. The summed E-state index contributed by atoms with van der Waals surface area (Å²) in [7, 11) is -8.85. The number of benzene rings is 2. The molecule has 1 heterocycles. The van der Waals surface area contributed by atoms with E-state index in [0.717, 1.165) is 29.3 Å². The zero-order chi connectivity index (χ0) is 23.0. The fourth-order valence-electron chi connectivity index (χ4n) is 2.52. The molecular formula is C16H14N4O9S2. The number of hydrazone groups is 1. The Balaban J connectivity index is 1.87. The van der Waals surface area contributed by atoms with Gasteiger partial charge < -0.3 is 10.2 Å². The number of aliphatic hydroxyl groups is 2. The Morgan fingerprint density at radius 2 is 1.35 bits per heavy atom. The number of hydrogen-bond acceptors (Lipinski definition) is 10. The number of anilines is 1. The minimum atomic E-state index is -4.45. The minimum Gasteiger partial charge on any atom is -0.363 e. The van der Waals surface area contributed by atoms with Gasteiger partial charge in [0, 0.05) is 0 Å². The van der Waals surface area contributed by atoms with Gasteiger partial charge in [-0.05, 0) is 48.5 Å². The van der Waals surface area contributed by atoms with Crippen LogP contribution in [0.5, 0.6) is 0 Å². The van der Waals surface area contributed by atoms with Crippen molar-refractivity contribution in [2.45, 2.75) is 22.1 Å². The van der Waals surface area contributed by atoms with Gasteiger partial charge in [-0.3, -0.25) is 13.9 Å². The van der Waals surface area contributed by atoms with E-state index in [4.69, 9.17) is 9.11 Å². The fourth-order valence-corrected chi connectivity index (χ4v) is 3.48. The summed E-state index contributed by atoms with van der Waals surface area (Å²) in [6.07, 6.45) is -2.16. The average molecular weight is 470 g/mol. The summed E-state index contributed by atoms with van der Waals surface area (Å²) in [5, 5.41) is 31.1. The fraction of sp³-hybridized carbons (Fsp3) is 0.125. The molecule has 2 aromatic carbocycles. The molecule has 0 fully saturated rings. The smallest absolute Gasteiger partial charge is 0.294 e. The molecule has 3 rings (SSSR count). The summed E-state index contributed by atoms with van der Waals surface area (Å²) < 4.78 is 62.3. The molecule has 0 spiro atoms. The molecule has 0 aliphatic carbocycles. The van der Waals surface area contributed by atoms with Crippen LogP contribution in [0.15, 0.2) is 73.7 Å². The van der Waals surface area contributed by atoms with Gasteiger partial charge in [-0.15, -0.1) is 0 Å². The van der Waals surface area contributed by atoms with E-state index in [0.29, 0.717) is 0 Å². The maximum atomic E-state index is 12.7. The highest BCUT2D eigenvalue weighted by Gasteiger charge is 2.40. The first kappa shape index (κ1) is 22.6. The zero-order valence-corrected chi connectivity index (χ0v) is 16.8. The lowest BCUT2D eigenvalue weighted by Gasteiger charge is -2.12. The summed E-state index contributed by atoms with van der Waals surface area (Å²) >= 11 is 0. The van der Waals surface area contributed by atoms with Gasteiger partial charge >= 0.3 is 0 Å². The summed E-state index contributed by atoms with van der Waals surface area (Å²) in [5.41, 5.74) is -0.296. The lowest BCUT2D eigenvalue weighted by Crippen LogP contribution is -2.34. The molecule has 1 atom stereocenters. The van der Waals surface area contributed by atoms with Gasteiger partial charge in [0.05, 0.1) is 21.2 Å². The molecule has 0 bridgehead atoms. The summed E-state index contributed by atoms with van der Waals surface area (Å²) in [6, 6.07) is 7.36. The van der Waals surface area contributed by atoms with Gasteiger partial charge in [-0.1, -0.05) is 0 Å². The van der Waals surface area contributed by atoms with E-state index in [9.17, 15) is 31.8 Å². The third kappa shape index (κ3) is 4.98. The number of carbonyl (C=O) groups excluding carboxylic acids is 1. The molecule has 31 heavy (non-hydrogen) atoms. The Morgan fingerprint density at radius 3 is 1.81 bits per heavy atom. The number of amides is 1. The predicted octanol–water partition coefficient (Wildman–Crippen LogP) is 0.346. The monoisotopic (exact) mass is 470 g/mol. The maximum Gasteiger partial charge on any atom is 0.294 e. The molecule has 0 radical (unpaired) electrons. The third-order valence-corrected chi connectivity index (χ3v) is 5.74. The second-order valence-corrected chi connectivity index (χ2v) is 8.95. The van der Waals surface area contributed by atoms with Crippen molar-refractivity contribution in [3.63, 3.8) is 0 Å². The molecular weight excluding hydrogens is 456 g/mol. The Kier molecular flexibility index (Phi) is 5.99. The summed E-state index contributed by atoms with van der Waals surface area (Å²) in [4.78, 5) is 11.9. The number of aliphatic hydroxyl groups excluding tert-OH is 1. The first-order valence-electron chi connectivity index (χ1n) is 8.22. The van der Waals surface area contributed by atoms with Crippen LogP contribution in [0.25, 0.3) is 0 Å². The van der Waals surface area contributed by atoms with Crippen molar-refractivity contribution >= 4 is 43.2 Å². The lowest BCUT2D eigenvalue weighted by atomic mass is 10.2. The van der Waals surface area contributed by atoms with E-state index in [1.54, 1.807) is 0 Å². The largest absolute Gasteiger partial charge is 0.363 e. The van der Waals surface area contributed by atoms with E-state index in [-0.39, 0.29) is 16.3 Å². The maximum absolute atomic E-state index is 12.7. The molecule has 2 aromatic rings. The Hall–Kier alpha value is -3.08. The predicted molar refractivity (Wildman–Crippen MR) is 104 cm³/mol. The van der Waals surface area contributed by atoms with Gasteiger partial charge in [0.15, 0.2) is 12.3 Å². The Labute approximate surface area is 175 Å². The highest BCUT2D eigenvalue weighted by molar-refractivity contribution is 7.86. The van der Waals surface area contributed by atoms with Crippen molar-refractivity contribution in [1.82, 2.24) is 0 Å². The van der Waals surface area contributed by atoms with Crippen molar-refractivity contribution in [2.24, 2.45) is 15.3 Å². The Bertz CT molecular complexity index is 1270. The van der Waals surface area contributed by atoms with E-state index >= 15 is 0 Å². The number of carbonyl (C=O) groups is 1. The van der Waals surface area contributed by atoms with Crippen molar-refractivity contribution in [3.05, 3.63) is 48.5 Å². The van der Waals surface area contributed by atoms with E-state index in [1.807, 2.05) is 0 Å². The molecule has 15 heteroatoms. The molecule has 1 amide bonds. The van der Waals surface area contributed by atoms with Crippen LogP contribution in [0.3, 0.4) is 0 Å². The van der Waals surface area contributed by atoms with Crippen molar-refractivity contribution in [2.75, 3.05) is 5.01 Å². The minimum absolute atomic E-state index is 0.0609. The third-order valence-electron chi connectivity index (χ3n) is 4.01. The van der Waals surface area contributed by atoms with Crippen LogP contribution >= 0.6 is 0 Å². The highest BCUT2D eigenvalue weighted by Crippen LogP contribution is 2.26. The topological polar surface area (TPSA) is 207 Å². The van der Waals surface area contributed by atoms with Gasteiger partial charge in [0.1, 0.15) is 5.71 Å². The number of rotatable bonds is 6. The van der Waals surface area contributed by atoms with Crippen molar-refractivity contribution < 1.29 is 40.9 Å². The van der Waals surface area contributed by atoms with Gasteiger partial charge in [-0.25, -0.2) is 0 Å². The highest BCUT2D eigenvalue weighted by atomic mass is 32.2. The van der Waals surface area contributed by atoms with Crippen LogP contribution in [0.2, 0.25) is 0 Å². The van der Waals surface area contributed by atoms with Crippen LogP contribution < -0.4 is 5.01 Å². The van der Waals surface area contributed by atoms with Crippen LogP contribution in [0.1, 0.15) is 0 Å². The number of nitrogens with zero attached hydrogens (tertiary/aromatic N) is 4. The second-order valence-electron chi connectivity index (χ2n) is 6.10. The lowest BCUT2D eigenvalue weighted by molar-refractivity contribution is -0.118. The van der Waals surface area contributed by atoms with Gasteiger partial charge in [0.2, 0.25) is 0 Å². The van der Waals surface area contributed by atoms with E-state index < -0.39 is 49.1 Å². The van der Waals surface area contributed by atoms with Gasteiger partial charge in [0.25, 0.3) is 26.1 Å².